The first kappa shape index (κ1) is 9.19. The van der Waals surface area contributed by atoms with Crippen LogP contribution in [-0.2, 0) is 6.54 Å². The molecule has 0 saturated heterocycles. The largest absolute Gasteiger partial charge is 0.494 e. The number of aromatic amines is 1. The van der Waals surface area contributed by atoms with Gasteiger partial charge in [0, 0.05) is 0 Å². The lowest BCUT2D eigenvalue weighted by Crippen LogP contribution is -2.29. The van der Waals surface area contributed by atoms with E-state index < -0.39 is 17.1 Å². The minimum Gasteiger partial charge on any atom is -0.494 e. The van der Waals surface area contributed by atoms with Crippen molar-refractivity contribution in [2.24, 2.45) is 0 Å². The molecule has 0 atom stereocenters. The van der Waals surface area contributed by atoms with Crippen molar-refractivity contribution in [2.45, 2.75) is 6.54 Å². The summed E-state index contributed by atoms with van der Waals surface area (Å²) in [6.45, 7) is -0.0715. The number of rotatable bonds is 2. The van der Waals surface area contributed by atoms with Crippen LogP contribution in [0.15, 0.2) is 26.6 Å². The molecule has 2 heterocycles. The third-order valence-corrected chi connectivity index (χ3v) is 1.72. The van der Waals surface area contributed by atoms with Crippen molar-refractivity contribution in [2.75, 3.05) is 0 Å². The van der Waals surface area contributed by atoms with Crippen LogP contribution in [0.25, 0.3) is 0 Å². The molecule has 0 unspecified atom stereocenters. The smallest absolute Gasteiger partial charge is 0.331 e. The lowest BCUT2D eigenvalue weighted by molar-refractivity contribution is 0.391. The fourth-order valence-electron chi connectivity index (χ4n) is 1.06. The van der Waals surface area contributed by atoms with E-state index in [1.165, 1.54) is 0 Å². The quantitative estimate of drug-likeness (QED) is 0.634. The van der Waals surface area contributed by atoms with Gasteiger partial charge >= 0.3 is 5.69 Å². The predicted molar refractivity (Wildman–Crippen MR) is 46.4 cm³/mol. The Labute approximate surface area is 81.8 Å². The summed E-state index contributed by atoms with van der Waals surface area (Å²) in [4.78, 5) is 27.7. The number of nitrogens with one attached hydrogen (secondary N) is 1. The Morgan fingerprint density at radius 3 is 2.93 bits per heavy atom. The maximum absolute atomic E-state index is 11.2. The lowest BCUT2D eigenvalue weighted by Gasteiger charge is -2.02. The average Bonchev–Trinajstić information content (AvgIpc) is 2.63. The second-order valence-corrected chi connectivity index (χ2v) is 2.73. The van der Waals surface area contributed by atoms with Gasteiger partial charge in [-0.2, -0.15) is 4.98 Å². The second-order valence-electron chi connectivity index (χ2n) is 2.73. The van der Waals surface area contributed by atoms with Gasteiger partial charge in [-0.15, -0.1) is 0 Å². The van der Waals surface area contributed by atoms with E-state index in [1.54, 1.807) is 0 Å². The van der Waals surface area contributed by atoms with Crippen LogP contribution < -0.4 is 11.2 Å². The van der Waals surface area contributed by atoms with Gasteiger partial charge in [-0.3, -0.25) is 14.3 Å². The molecule has 0 radical (unpaired) electrons. The van der Waals surface area contributed by atoms with Gasteiger partial charge in [0.25, 0.3) is 5.56 Å². The van der Waals surface area contributed by atoms with Crippen molar-refractivity contribution in [1.82, 2.24) is 19.7 Å². The third-order valence-electron chi connectivity index (χ3n) is 1.72. The van der Waals surface area contributed by atoms with E-state index in [0.29, 0.717) is 0 Å². The molecule has 0 aliphatic heterocycles. The van der Waals surface area contributed by atoms with Gasteiger partial charge in [0.05, 0.1) is 12.6 Å². The van der Waals surface area contributed by atoms with Crippen LogP contribution in [0.3, 0.4) is 0 Å². The van der Waals surface area contributed by atoms with Crippen LogP contribution >= 0.6 is 0 Å². The first-order valence-electron chi connectivity index (χ1n) is 3.95. The van der Waals surface area contributed by atoms with Gasteiger partial charge in [0.2, 0.25) is 12.3 Å². The molecule has 0 fully saturated rings. The summed E-state index contributed by atoms with van der Waals surface area (Å²) in [5.41, 5.74) is -1.40. The number of hydrogen-bond donors (Lipinski definition) is 2. The van der Waals surface area contributed by atoms with E-state index in [-0.39, 0.29) is 12.4 Å². The zero-order valence-corrected chi connectivity index (χ0v) is 7.38. The van der Waals surface area contributed by atoms with Crippen LogP contribution in [0.1, 0.15) is 5.82 Å². The molecule has 15 heavy (non-hydrogen) atoms. The summed E-state index contributed by atoms with van der Waals surface area (Å²) in [6.07, 6.45) is 1.10. The van der Waals surface area contributed by atoms with Gasteiger partial charge in [0.1, 0.15) is 0 Å². The first-order valence-corrected chi connectivity index (χ1v) is 3.95. The van der Waals surface area contributed by atoms with E-state index in [0.717, 1.165) is 17.0 Å². The minimum absolute atomic E-state index is 0.0715. The number of nitrogens with zero attached hydrogens (tertiary/aromatic N) is 3. The Hall–Kier alpha value is -2.38. The van der Waals surface area contributed by atoms with Gasteiger partial charge in [-0.1, -0.05) is 5.16 Å². The standard InChI is InChI=1S/C7H6N4O4/c12-5-1-6(13)11(7(14)9-5)2-4-8-3-15-10-4/h1,3,13H,2H2,(H,9,12,14). The fourth-order valence-corrected chi connectivity index (χ4v) is 1.06. The van der Waals surface area contributed by atoms with Crippen molar-refractivity contribution in [3.05, 3.63) is 39.1 Å². The number of aromatic hydroxyl groups is 1. The Kier molecular flexibility index (Phi) is 2.08. The molecule has 0 saturated carbocycles. The van der Waals surface area contributed by atoms with E-state index in [2.05, 4.69) is 14.7 Å². The van der Waals surface area contributed by atoms with Crippen molar-refractivity contribution >= 4 is 0 Å². The summed E-state index contributed by atoms with van der Waals surface area (Å²) in [5.74, 6) is -0.229. The number of H-pyrrole nitrogens is 1. The van der Waals surface area contributed by atoms with Gasteiger partial charge in [0.15, 0.2) is 5.82 Å². The molecule has 2 rings (SSSR count). The highest BCUT2D eigenvalue weighted by atomic mass is 16.5. The average molecular weight is 210 g/mol. The Morgan fingerprint density at radius 2 is 2.33 bits per heavy atom. The molecule has 2 N–H and O–H groups in total. The Balaban J connectivity index is 2.45. The Bertz CT molecular complexity index is 567. The summed E-state index contributed by atoms with van der Waals surface area (Å²) >= 11 is 0. The summed E-state index contributed by atoms with van der Waals surface area (Å²) in [5, 5.41) is 12.8. The highest BCUT2D eigenvalue weighted by molar-refractivity contribution is 5.07. The number of hydrogen-bond acceptors (Lipinski definition) is 6. The normalized spacial score (nSPS) is 10.4. The first-order chi connectivity index (χ1) is 7.16. The van der Waals surface area contributed by atoms with Crippen LogP contribution in [0.2, 0.25) is 0 Å². The Morgan fingerprint density at radius 1 is 1.53 bits per heavy atom. The zero-order valence-electron chi connectivity index (χ0n) is 7.38. The molecule has 2 aromatic heterocycles. The third kappa shape index (κ3) is 1.77. The SMILES string of the molecule is O=c1cc(O)n(Cc2ncon2)c(=O)[nH]1. The van der Waals surface area contributed by atoms with Crippen molar-refractivity contribution in [3.8, 4) is 5.88 Å². The van der Waals surface area contributed by atoms with Crippen molar-refractivity contribution in [1.29, 1.82) is 0 Å². The van der Waals surface area contributed by atoms with Gasteiger partial charge < -0.3 is 9.63 Å². The minimum atomic E-state index is -0.732. The molecule has 0 aliphatic carbocycles. The van der Waals surface area contributed by atoms with E-state index in [1.807, 2.05) is 4.98 Å². The molecule has 2 aromatic rings. The molecule has 0 aromatic carbocycles. The van der Waals surface area contributed by atoms with Gasteiger partial charge in [-0.05, 0) is 0 Å². The monoisotopic (exact) mass is 210 g/mol. The zero-order chi connectivity index (χ0) is 10.8. The molecule has 0 amide bonds. The molecule has 0 spiro atoms. The highest BCUT2D eigenvalue weighted by Crippen LogP contribution is 2.02. The lowest BCUT2D eigenvalue weighted by atomic mass is 10.5. The molecular weight excluding hydrogens is 204 g/mol. The molecular formula is C7H6N4O4. The molecule has 8 nitrogen and oxygen atoms in total. The predicted octanol–water partition coefficient (Wildman–Crippen LogP) is -1.33. The van der Waals surface area contributed by atoms with Crippen LogP contribution in [0.4, 0.5) is 0 Å². The van der Waals surface area contributed by atoms with E-state index in [4.69, 9.17) is 0 Å². The molecule has 0 aliphatic rings. The second kappa shape index (κ2) is 3.40. The van der Waals surface area contributed by atoms with Crippen LogP contribution in [-0.4, -0.2) is 24.8 Å². The highest BCUT2D eigenvalue weighted by Gasteiger charge is 2.07. The topological polar surface area (TPSA) is 114 Å². The van der Waals surface area contributed by atoms with Crippen LogP contribution in [0, 0.1) is 0 Å². The van der Waals surface area contributed by atoms with Crippen LogP contribution in [0.5, 0.6) is 5.88 Å². The maximum atomic E-state index is 11.2. The van der Waals surface area contributed by atoms with E-state index in [9.17, 15) is 14.7 Å². The number of aromatic nitrogens is 4. The van der Waals surface area contributed by atoms with E-state index >= 15 is 0 Å². The molecule has 78 valence electrons. The summed E-state index contributed by atoms with van der Waals surface area (Å²) in [6, 6.07) is 0.890. The summed E-state index contributed by atoms with van der Waals surface area (Å²) in [7, 11) is 0. The molecule has 8 heteroatoms. The molecule has 0 bridgehead atoms. The maximum Gasteiger partial charge on any atom is 0.331 e. The fraction of sp³-hybridized carbons (Fsp3) is 0.143. The van der Waals surface area contributed by atoms with Gasteiger partial charge in [-0.25, -0.2) is 4.79 Å². The summed E-state index contributed by atoms with van der Waals surface area (Å²) < 4.78 is 5.37. The van der Waals surface area contributed by atoms with Crippen molar-refractivity contribution < 1.29 is 9.63 Å². The van der Waals surface area contributed by atoms with Crippen molar-refractivity contribution in [3.63, 3.8) is 0 Å².